The summed E-state index contributed by atoms with van der Waals surface area (Å²) in [5.74, 6) is 6.83. The minimum absolute atomic E-state index is 0.0963. The molecule has 0 spiro atoms. The molecule has 2 atom stereocenters. The van der Waals surface area contributed by atoms with Crippen LogP contribution < -0.4 is 0 Å². The van der Waals surface area contributed by atoms with Gasteiger partial charge in [0.1, 0.15) is 0 Å². The molecular formula is C12H22O. The maximum atomic E-state index is 9.08. The Labute approximate surface area is 82.5 Å². The molecule has 0 radical (unpaired) electrons. The molecule has 13 heavy (non-hydrogen) atoms. The van der Waals surface area contributed by atoms with Gasteiger partial charge in [0.2, 0.25) is 0 Å². The van der Waals surface area contributed by atoms with E-state index in [1.807, 2.05) is 6.92 Å². The van der Waals surface area contributed by atoms with E-state index in [2.05, 4.69) is 39.5 Å². The summed E-state index contributed by atoms with van der Waals surface area (Å²) in [5.41, 5.74) is 0.0963. The van der Waals surface area contributed by atoms with Crippen molar-refractivity contribution in [1.29, 1.82) is 0 Å². The summed E-state index contributed by atoms with van der Waals surface area (Å²) in [6.45, 7) is 10.3. The molecule has 0 saturated carbocycles. The van der Waals surface area contributed by atoms with Crippen molar-refractivity contribution >= 4 is 0 Å². The predicted octanol–water partition coefficient (Wildman–Crippen LogP) is 2.83. The fraction of sp³-hybridized carbons (Fsp3) is 0.833. The molecule has 0 aromatic heterocycles. The normalized spacial score (nSPS) is 15.8. The van der Waals surface area contributed by atoms with E-state index in [0.29, 0.717) is 5.92 Å². The van der Waals surface area contributed by atoms with E-state index in [-0.39, 0.29) is 11.5 Å². The summed E-state index contributed by atoms with van der Waals surface area (Å²) in [6, 6.07) is 0. The average Bonchev–Trinajstić information content (AvgIpc) is 1.95. The Hall–Kier alpha value is -0.480. The first kappa shape index (κ1) is 12.5. The van der Waals surface area contributed by atoms with Crippen molar-refractivity contribution in [2.24, 2.45) is 11.3 Å². The van der Waals surface area contributed by atoms with Gasteiger partial charge in [-0.05, 0) is 40.5 Å². The molecule has 1 N–H and O–H groups in total. The summed E-state index contributed by atoms with van der Waals surface area (Å²) >= 11 is 0. The van der Waals surface area contributed by atoms with Crippen molar-refractivity contribution in [3.63, 3.8) is 0 Å². The van der Waals surface area contributed by atoms with Crippen LogP contribution in [-0.4, -0.2) is 11.2 Å². The van der Waals surface area contributed by atoms with Gasteiger partial charge in [0, 0.05) is 11.3 Å². The van der Waals surface area contributed by atoms with Crippen LogP contribution in [0.3, 0.4) is 0 Å². The lowest BCUT2D eigenvalue weighted by Gasteiger charge is -2.09. The molecule has 76 valence electrons. The molecule has 0 aromatic rings. The molecular weight excluding hydrogens is 160 g/mol. The van der Waals surface area contributed by atoms with Crippen LogP contribution in [-0.2, 0) is 0 Å². The van der Waals surface area contributed by atoms with Gasteiger partial charge in [0.05, 0.1) is 6.10 Å². The predicted molar refractivity (Wildman–Crippen MR) is 57.3 cm³/mol. The second-order valence-corrected chi connectivity index (χ2v) is 4.85. The van der Waals surface area contributed by atoms with Crippen molar-refractivity contribution in [2.75, 3.05) is 0 Å². The van der Waals surface area contributed by atoms with Gasteiger partial charge in [-0.1, -0.05) is 18.8 Å². The zero-order valence-corrected chi connectivity index (χ0v) is 9.52. The van der Waals surface area contributed by atoms with Gasteiger partial charge < -0.3 is 5.11 Å². The van der Waals surface area contributed by atoms with E-state index >= 15 is 0 Å². The van der Waals surface area contributed by atoms with E-state index in [0.717, 1.165) is 12.8 Å². The Morgan fingerprint density at radius 2 is 1.69 bits per heavy atom. The van der Waals surface area contributed by atoms with Gasteiger partial charge in [-0.3, -0.25) is 0 Å². The molecule has 0 aromatic carbocycles. The molecule has 0 bridgehead atoms. The molecule has 0 aliphatic heterocycles. The molecule has 0 heterocycles. The summed E-state index contributed by atoms with van der Waals surface area (Å²) in [5, 5.41) is 9.08. The fourth-order valence-corrected chi connectivity index (χ4v) is 0.903. The van der Waals surface area contributed by atoms with Crippen molar-refractivity contribution in [3.8, 4) is 11.8 Å². The third-order valence-corrected chi connectivity index (χ3v) is 1.71. The van der Waals surface area contributed by atoms with Gasteiger partial charge in [-0.25, -0.2) is 0 Å². The van der Waals surface area contributed by atoms with Crippen LogP contribution in [0.2, 0.25) is 0 Å². The molecule has 0 amide bonds. The first-order valence-corrected chi connectivity index (χ1v) is 5.02. The fourth-order valence-electron chi connectivity index (χ4n) is 0.903. The quantitative estimate of drug-likeness (QED) is 0.665. The highest BCUT2D eigenvalue weighted by molar-refractivity contribution is 5.09. The molecule has 2 unspecified atom stereocenters. The Bertz CT molecular complexity index is 187. The lowest BCUT2D eigenvalue weighted by molar-refractivity contribution is 0.178. The van der Waals surface area contributed by atoms with E-state index in [9.17, 15) is 0 Å². The second kappa shape index (κ2) is 5.29. The molecule has 1 heteroatoms. The van der Waals surface area contributed by atoms with Crippen LogP contribution >= 0.6 is 0 Å². The highest BCUT2D eigenvalue weighted by atomic mass is 16.3. The van der Waals surface area contributed by atoms with Gasteiger partial charge >= 0.3 is 0 Å². The van der Waals surface area contributed by atoms with E-state index < -0.39 is 0 Å². The molecule has 0 aliphatic carbocycles. The van der Waals surface area contributed by atoms with E-state index in [1.165, 1.54) is 0 Å². The largest absolute Gasteiger partial charge is 0.393 e. The molecule has 0 aliphatic rings. The molecule has 1 nitrogen and oxygen atoms in total. The Kier molecular flexibility index (Phi) is 5.10. The standard InChI is InChI=1S/C12H22O/c1-10(6-7-11(2)13)8-9-12(3,4)5/h10-11,13H,6-7H2,1-5H3. The van der Waals surface area contributed by atoms with Crippen LogP contribution in [0.15, 0.2) is 0 Å². The van der Waals surface area contributed by atoms with Crippen molar-refractivity contribution in [2.45, 2.75) is 53.6 Å². The number of rotatable bonds is 3. The van der Waals surface area contributed by atoms with Crippen LogP contribution in [0, 0.1) is 23.2 Å². The topological polar surface area (TPSA) is 20.2 Å². The first-order chi connectivity index (χ1) is 5.81. The first-order valence-electron chi connectivity index (χ1n) is 5.02. The van der Waals surface area contributed by atoms with Crippen LogP contribution in [0.25, 0.3) is 0 Å². The lowest BCUT2D eigenvalue weighted by atomic mass is 9.95. The molecule has 0 saturated heterocycles. The summed E-state index contributed by atoms with van der Waals surface area (Å²) in [4.78, 5) is 0. The third-order valence-electron chi connectivity index (χ3n) is 1.71. The number of aliphatic hydroxyl groups excluding tert-OH is 1. The van der Waals surface area contributed by atoms with Gasteiger partial charge in [-0.2, -0.15) is 0 Å². The summed E-state index contributed by atoms with van der Waals surface area (Å²) in [6.07, 6.45) is 1.64. The van der Waals surface area contributed by atoms with Gasteiger partial charge in [-0.15, -0.1) is 0 Å². The van der Waals surface area contributed by atoms with Crippen LogP contribution in [0.4, 0.5) is 0 Å². The maximum Gasteiger partial charge on any atom is 0.0512 e. The number of aliphatic hydroxyl groups is 1. The maximum absolute atomic E-state index is 9.08. The number of hydrogen-bond donors (Lipinski definition) is 1. The van der Waals surface area contributed by atoms with Gasteiger partial charge in [0.25, 0.3) is 0 Å². The number of hydrogen-bond acceptors (Lipinski definition) is 1. The minimum Gasteiger partial charge on any atom is -0.393 e. The van der Waals surface area contributed by atoms with Crippen LogP contribution in [0.1, 0.15) is 47.5 Å². The lowest BCUT2D eigenvalue weighted by Crippen LogP contribution is -2.04. The zero-order valence-electron chi connectivity index (χ0n) is 9.52. The summed E-state index contributed by atoms with van der Waals surface area (Å²) in [7, 11) is 0. The summed E-state index contributed by atoms with van der Waals surface area (Å²) < 4.78 is 0. The SMILES string of the molecule is CC(O)CCC(C)C#CC(C)(C)C. The second-order valence-electron chi connectivity index (χ2n) is 4.85. The zero-order chi connectivity index (χ0) is 10.5. The molecule has 0 fully saturated rings. The van der Waals surface area contributed by atoms with Crippen molar-refractivity contribution in [3.05, 3.63) is 0 Å². The van der Waals surface area contributed by atoms with E-state index in [4.69, 9.17) is 5.11 Å². The van der Waals surface area contributed by atoms with Gasteiger partial charge in [0.15, 0.2) is 0 Å². The highest BCUT2D eigenvalue weighted by Gasteiger charge is 2.05. The Morgan fingerprint density at radius 3 is 2.08 bits per heavy atom. The van der Waals surface area contributed by atoms with Crippen molar-refractivity contribution < 1.29 is 5.11 Å². The van der Waals surface area contributed by atoms with E-state index in [1.54, 1.807) is 0 Å². The average molecular weight is 182 g/mol. The Balaban J connectivity index is 3.84. The Morgan fingerprint density at radius 1 is 1.15 bits per heavy atom. The minimum atomic E-state index is -0.195. The van der Waals surface area contributed by atoms with Crippen molar-refractivity contribution in [1.82, 2.24) is 0 Å². The highest BCUT2D eigenvalue weighted by Crippen LogP contribution is 2.12. The van der Waals surface area contributed by atoms with Crippen LogP contribution in [0.5, 0.6) is 0 Å². The molecule has 0 rings (SSSR count). The monoisotopic (exact) mass is 182 g/mol. The smallest absolute Gasteiger partial charge is 0.0512 e. The third kappa shape index (κ3) is 9.43.